The summed E-state index contributed by atoms with van der Waals surface area (Å²) in [4.78, 5) is 0. The molecule has 0 aliphatic heterocycles. The first-order chi connectivity index (χ1) is 7.67. The number of hydrogen-bond donors (Lipinski definition) is 1. The van der Waals surface area contributed by atoms with Crippen molar-refractivity contribution in [2.75, 3.05) is 6.54 Å². The summed E-state index contributed by atoms with van der Waals surface area (Å²) in [5, 5.41) is 7.72. The monoisotopic (exact) mass is 221 g/mol. The molecule has 0 fully saturated rings. The zero-order valence-corrected chi connectivity index (χ0v) is 10.8. The molecule has 1 rings (SSSR count). The highest BCUT2D eigenvalue weighted by molar-refractivity contribution is 5.51. The fraction of sp³-hybridized carbons (Fsp3) is 0.615. The molecule has 1 atom stereocenters. The average Bonchev–Trinajstić information content (AvgIpc) is 2.66. The van der Waals surface area contributed by atoms with Crippen LogP contribution in [0, 0.1) is 0 Å². The minimum absolute atomic E-state index is 0.430. The third-order valence-corrected chi connectivity index (χ3v) is 2.69. The predicted octanol–water partition coefficient (Wildman–Crippen LogP) is 2.69. The second kappa shape index (κ2) is 6.48. The third-order valence-electron chi connectivity index (χ3n) is 2.69. The standard InChI is InChI=1S/C13H23N3/c1-5-7-16-10-13(9-15-16)8-11(3)12(4)14-6-2/h8-10,12,14H,5-7H2,1-4H3/b11-8-. The van der Waals surface area contributed by atoms with Crippen molar-refractivity contribution >= 4 is 6.08 Å². The maximum absolute atomic E-state index is 4.32. The highest BCUT2D eigenvalue weighted by Gasteiger charge is 2.02. The van der Waals surface area contributed by atoms with Crippen LogP contribution in [0.2, 0.25) is 0 Å². The number of rotatable bonds is 6. The van der Waals surface area contributed by atoms with Crippen LogP contribution in [0.25, 0.3) is 6.08 Å². The second-order valence-corrected chi connectivity index (χ2v) is 4.20. The average molecular weight is 221 g/mol. The molecule has 0 saturated heterocycles. The summed E-state index contributed by atoms with van der Waals surface area (Å²) in [7, 11) is 0. The van der Waals surface area contributed by atoms with E-state index in [1.165, 1.54) is 11.1 Å². The largest absolute Gasteiger partial charge is 0.311 e. The molecule has 0 saturated carbocycles. The van der Waals surface area contributed by atoms with Gasteiger partial charge in [0.15, 0.2) is 0 Å². The number of hydrogen-bond acceptors (Lipinski definition) is 2. The molecule has 16 heavy (non-hydrogen) atoms. The summed E-state index contributed by atoms with van der Waals surface area (Å²) < 4.78 is 2.00. The number of nitrogens with zero attached hydrogens (tertiary/aromatic N) is 2. The van der Waals surface area contributed by atoms with E-state index in [1.807, 2.05) is 10.9 Å². The van der Waals surface area contributed by atoms with Gasteiger partial charge in [0.2, 0.25) is 0 Å². The quantitative estimate of drug-likeness (QED) is 0.800. The molecule has 0 amide bonds. The topological polar surface area (TPSA) is 29.9 Å². The van der Waals surface area contributed by atoms with Gasteiger partial charge in [-0.25, -0.2) is 0 Å². The molecule has 1 unspecified atom stereocenters. The molecule has 1 aromatic heterocycles. The van der Waals surface area contributed by atoms with Crippen LogP contribution >= 0.6 is 0 Å². The van der Waals surface area contributed by atoms with E-state index in [2.05, 4.69) is 50.4 Å². The number of aryl methyl sites for hydroxylation is 1. The molecular weight excluding hydrogens is 198 g/mol. The van der Waals surface area contributed by atoms with E-state index in [-0.39, 0.29) is 0 Å². The van der Waals surface area contributed by atoms with Crippen LogP contribution < -0.4 is 5.32 Å². The summed E-state index contributed by atoms with van der Waals surface area (Å²) in [6, 6.07) is 0.430. The zero-order chi connectivity index (χ0) is 12.0. The Morgan fingerprint density at radius 1 is 1.56 bits per heavy atom. The normalized spacial score (nSPS) is 14.1. The number of likely N-dealkylation sites (N-methyl/N-ethyl adjacent to an activating group) is 1. The van der Waals surface area contributed by atoms with E-state index in [0.29, 0.717) is 6.04 Å². The number of nitrogens with one attached hydrogen (secondary N) is 1. The molecular formula is C13H23N3. The van der Waals surface area contributed by atoms with Gasteiger partial charge in [-0.05, 0) is 26.8 Å². The van der Waals surface area contributed by atoms with Gasteiger partial charge >= 0.3 is 0 Å². The Labute approximate surface area is 98.5 Å². The maximum Gasteiger partial charge on any atom is 0.0562 e. The van der Waals surface area contributed by atoms with E-state index < -0.39 is 0 Å². The molecule has 0 spiro atoms. The first-order valence-electron chi connectivity index (χ1n) is 6.11. The van der Waals surface area contributed by atoms with Gasteiger partial charge in [0.25, 0.3) is 0 Å². The van der Waals surface area contributed by atoms with Gasteiger partial charge in [-0.3, -0.25) is 4.68 Å². The minimum Gasteiger partial charge on any atom is -0.311 e. The van der Waals surface area contributed by atoms with Crippen LogP contribution in [0.3, 0.4) is 0 Å². The Kier molecular flexibility index (Phi) is 5.26. The van der Waals surface area contributed by atoms with Crippen molar-refractivity contribution < 1.29 is 0 Å². The molecule has 0 aliphatic carbocycles. The van der Waals surface area contributed by atoms with Crippen LogP contribution in [0.4, 0.5) is 0 Å². The van der Waals surface area contributed by atoms with Crippen molar-refractivity contribution in [3.63, 3.8) is 0 Å². The van der Waals surface area contributed by atoms with E-state index in [9.17, 15) is 0 Å². The summed E-state index contributed by atoms with van der Waals surface area (Å²) in [6.45, 7) is 10.6. The smallest absolute Gasteiger partial charge is 0.0562 e. The summed E-state index contributed by atoms with van der Waals surface area (Å²) in [5.41, 5.74) is 2.54. The van der Waals surface area contributed by atoms with Crippen LogP contribution in [0.5, 0.6) is 0 Å². The van der Waals surface area contributed by atoms with E-state index in [0.717, 1.165) is 19.5 Å². The predicted molar refractivity (Wildman–Crippen MR) is 69.3 cm³/mol. The summed E-state index contributed by atoms with van der Waals surface area (Å²) in [6.07, 6.45) is 7.35. The molecule has 0 aliphatic rings. The van der Waals surface area contributed by atoms with Crippen molar-refractivity contribution in [1.82, 2.24) is 15.1 Å². The Morgan fingerprint density at radius 3 is 2.94 bits per heavy atom. The lowest BCUT2D eigenvalue weighted by atomic mass is 10.1. The fourth-order valence-electron chi connectivity index (χ4n) is 1.66. The van der Waals surface area contributed by atoms with Crippen molar-refractivity contribution in [3.8, 4) is 0 Å². The molecule has 90 valence electrons. The lowest BCUT2D eigenvalue weighted by molar-refractivity contribution is 0.602. The summed E-state index contributed by atoms with van der Waals surface area (Å²) >= 11 is 0. The lowest BCUT2D eigenvalue weighted by Gasteiger charge is -2.12. The van der Waals surface area contributed by atoms with Gasteiger partial charge < -0.3 is 5.32 Å². The molecule has 0 radical (unpaired) electrons. The van der Waals surface area contributed by atoms with Gasteiger partial charge in [-0.15, -0.1) is 0 Å². The molecule has 1 heterocycles. The Balaban J connectivity index is 2.65. The van der Waals surface area contributed by atoms with Gasteiger partial charge in [0.05, 0.1) is 6.20 Å². The molecule has 1 N–H and O–H groups in total. The highest BCUT2D eigenvalue weighted by atomic mass is 15.3. The van der Waals surface area contributed by atoms with Crippen molar-refractivity contribution in [1.29, 1.82) is 0 Å². The molecule has 1 aromatic rings. The number of aromatic nitrogens is 2. The first-order valence-corrected chi connectivity index (χ1v) is 6.11. The maximum atomic E-state index is 4.32. The SMILES string of the molecule is CCCn1cc(/C=C(/C)C(C)NCC)cn1. The Morgan fingerprint density at radius 2 is 2.31 bits per heavy atom. The minimum atomic E-state index is 0.430. The molecule has 3 heteroatoms. The van der Waals surface area contributed by atoms with Crippen LogP contribution in [-0.4, -0.2) is 22.4 Å². The first kappa shape index (κ1) is 13.0. The zero-order valence-electron chi connectivity index (χ0n) is 10.8. The van der Waals surface area contributed by atoms with Crippen molar-refractivity contribution in [2.45, 2.75) is 46.7 Å². The van der Waals surface area contributed by atoms with Crippen molar-refractivity contribution in [3.05, 3.63) is 23.5 Å². The van der Waals surface area contributed by atoms with Crippen LogP contribution in [0.1, 0.15) is 39.7 Å². The Bertz CT molecular complexity index is 339. The van der Waals surface area contributed by atoms with Crippen molar-refractivity contribution in [2.24, 2.45) is 0 Å². The highest BCUT2D eigenvalue weighted by Crippen LogP contribution is 2.09. The molecule has 3 nitrogen and oxygen atoms in total. The van der Waals surface area contributed by atoms with Gasteiger partial charge in [0.1, 0.15) is 0 Å². The van der Waals surface area contributed by atoms with E-state index in [1.54, 1.807) is 0 Å². The van der Waals surface area contributed by atoms with E-state index >= 15 is 0 Å². The third kappa shape index (κ3) is 3.81. The van der Waals surface area contributed by atoms with Crippen LogP contribution in [-0.2, 0) is 6.54 Å². The second-order valence-electron chi connectivity index (χ2n) is 4.20. The van der Waals surface area contributed by atoms with Gasteiger partial charge in [0, 0.05) is 24.3 Å². The Hall–Kier alpha value is -1.09. The summed E-state index contributed by atoms with van der Waals surface area (Å²) in [5.74, 6) is 0. The van der Waals surface area contributed by atoms with Gasteiger partial charge in [-0.1, -0.05) is 25.5 Å². The molecule has 0 aromatic carbocycles. The van der Waals surface area contributed by atoms with Gasteiger partial charge in [-0.2, -0.15) is 5.10 Å². The van der Waals surface area contributed by atoms with E-state index in [4.69, 9.17) is 0 Å². The van der Waals surface area contributed by atoms with Crippen LogP contribution in [0.15, 0.2) is 18.0 Å². The fourth-order valence-corrected chi connectivity index (χ4v) is 1.66. The molecule has 0 bridgehead atoms. The lowest BCUT2D eigenvalue weighted by Crippen LogP contribution is -2.26.